The van der Waals surface area contributed by atoms with Gasteiger partial charge in [0.15, 0.2) is 6.61 Å². The van der Waals surface area contributed by atoms with Gasteiger partial charge in [-0.25, -0.2) is 13.2 Å². The highest BCUT2D eigenvalue weighted by atomic mass is 32.2. The van der Waals surface area contributed by atoms with E-state index in [2.05, 4.69) is 25.5 Å². The predicted molar refractivity (Wildman–Crippen MR) is 95.5 cm³/mol. The topological polar surface area (TPSA) is 92.7 Å². The van der Waals surface area contributed by atoms with Crippen molar-refractivity contribution in [2.24, 2.45) is 0 Å². The van der Waals surface area contributed by atoms with Gasteiger partial charge in [0.25, 0.3) is 10.0 Å². The molecule has 0 heterocycles. The molecule has 0 saturated heterocycles. The maximum Gasteiger partial charge on any atom is 0.341 e. The van der Waals surface area contributed by atoms with E-state index in [0.29, 0.717) is 11.4 Å². The fraction of sp³-hybridized carbons (Fsp3) is 0.278. The molecule has 0 atom stereocenters. The molecule has 0 aliphatic rings. The first-order valence-corrected chi connectivity index (χ1v) is 9.14. The van der Waals surface area contributed by atoms with Crippen LogP contribution in [-0.4, -0.2) is 26.1 Å². The fourth-order valence-electron chi connectivity index (χ4n) is 2.11. The minimum atomic E-state index is -3.70. The van der Waals surface area contributed by atoms with Crippen molar-refractivity contribution < 1.29 is 23.1 Å². The van der Waals surface area contributed by atoms with Gasteiger partial charge in [0.05, 0.1) is 4.90 Å². The molecule has 2 rings (SSSR count). The number of rotatable bonds is 6. The summed E-state index contributed by atoms with van der Waals surface area (Å²) in [6.07, 6.45) is 0. The summed E-state index contributed by atoms with van der Waals surface area (Å²) in [6.45, 7) is 5.72. The monoisotopic (exact) mass is 363 g/mol. The van der Waals surface area contributed by atoms with E-state index < -0.39 is 22.6 Å². The lowest BCUT2D eigenvalue weighted by atomic mass is 9.87. The summed E-state index contributed by atoms with van der Waals surface area (Å²) in [5.41, 5.74) is 1.36. The van der Waals surface area contributed by atoms with Crippen LogP contribution < -0.4 is 9.46 Å². The minimum Gasteiger partial charge on any atom is -0.482 e. The third kappa shape index (κ3) is 5.22. The molecule has 0 saturated carbocycles. The number of carbonyl (C=O) groups is 1. The van der Waals surface area contributed by atoms with Crippen LogP contribution in [-0.2, 0) is 20.2 Å². The molecular formula is C18H21NO5S. The zero-order chi connectivity index (χ0) is 18.7. The van der Waals surface area contributed by atoms with Crippen molar-refractivity contribution in [1.29, 1.82) is 0 Å². The normalized spacial score (nSPS) is 11.8. The van der Waals surface area contributed by atoms with Crippen LogP contribution in [0.2, 0.25) is 0 Å². The average molecular weight is 363 g/mol. The van der Waals surface area contributed by atoms with Crippen LogP contribution in [0, 0.1) is 0 Å². The third-order valence-electron chi connectivity index (χ3n) is 3.50. The average Bonchev–Trinajstić information content (AvgIpc) is 2.53. The Morgan fingerprint density at radius 2 is 1.60 bits per heavy atom. The summed E-state index contributed by atoms with van der Waals surface area (Å²) < 4.78 is 32.4. The second-order valence-corrected chi connectivity index (χ2v) is 8.27. The van der Waals surface area contributed by atoms with Crippen LogP contribution in [0.15, 0.2) is 53.4 Å². The van der Waals surface area contributed by atoms with Gasteiger partial charge in [-0.1, -0.05) is 32.9 Å². The van der Waals surface area contributed by atoms with Crippen LogP contribution in [0.1, 0.15) is 26.3 Å². The van der Waals surface area contributed by atoms with Gasteiger partial charge in [0, 0.05) is 5.69 Å². The fourth-order valence-corrected chi connectivity index (χ4v) is 3.17. The van der Waals surface area contributed by atoms with E-state index in [1.54, 1.807) is 24.3 Å². The van der Waals surface area contributed by atoms with Crippen molar-refractivity contribution in [2.75, 3.05) is 11.3 Å². The van der Waals surface area contributed by atoms with E-state index in [1.165, 1.54) is 24.3 Å². The van der Waals surface area contributed by atoms with Crippen molar-refractivity contribution in [2.45, 2.75) is 31.1 Å². The van der Waals surface area contributed by atoms with E-state index in [9.17, 15) is 13.2 Å². The summed E-state index contributed by atoms with van der Waals surface area (Å²) in [4.78, 5) is 10.6. The third-order valence-corrected chi connectivity index (χ3v) is 4.90. The number of nitrogens with one attached hydrogen (secondary N) is 1. The smallest absolute Gasteiger partial charge is 0.341 e. The Kier molecular flexibility index (Phi) is 5.37. The van der Waals surface area contributed by atoms with Gasteiger partial charge < -0.3 is 9.84 Å². The number of carboxylic acid groups (broad SMARTS) is 1. The van der Waals surface area contributed by atoms with E-state index in [4.69, 9.17) is 9.84 Å². The van der Waals surface area contributed by atoms with Crippen LogP contribution in [0.5, 0.6) is 5.75 Å². The SMILES string of the molecule is CC(C)(C)c1ccc(S(=O)(=O)Nc2ccc(OCC(=O)O)cc2)cc1. The molecule has 25 heavy (non-hydrogen) atoms. The molecular weight excluding hydrogens is 342 g/mol. The number of hydrogen-bond acceptors (Lipinski definition) is 4. The molecule has 2 aromatic rings. The van der Waals surface area contributed by atoms with Crippen LogP contribution in [0.3, 0.4) is 0 Å². The Morgan fingerprint density at radius 3 is 2.08 bits per heavy atom. The molecule has 0 fully saturated rings. The van der Waals surface area contributed by atoms with Gasteiger partial charge in [-0.15, -0.1) is 0 Å². The van der Waals surface area contributed by atoms with Crippen molar-refractivity contribution in [3.8, 4) is 5.75 Å². The van der Waals surface area contributed by atoms with Crippen molar-refractivity contribution in [3.05, 3.63) is 54.1 Å². The Balaban J connectivity index is 2.11. The highest BCUT2D eigenvalue weighted by Crippen LogP contribution is 2.24. The summed E-state index contributed by atoms with van der Waals surface area (Å²) >= 11 is 0. The Labute approximate surface area is 147 Å². The summed E-state index contributed by atoms with van der Waals surface area (Å²) in [7, 11) is -3.70. The van der Waals surface area contributed by atoms with Gasteiger partial charge in [-0.3, -0.25) is 4.72 Å². The molecule has 0 unspecified atom stereocenters. The van der Waals surface area contributed by atoms with E-state index >= 15 is 0 Å². The maximum absolute atomic E-state index is 12.4. The molecule has 0 bridgehead atoms. The molecule has 0 spiro atoms. The number of carboxylic acids is 1. The largest absolute Gasteiger partial charge is 0.482 e. The molecule has 7 heteroatoms. The number of benzene rings is 2. The molecule has 0 aliphatic carbocycles. The zero-order valence-corrected chi connectivity index (χ0v) is 15.1. The molecule has 0 amide bonds. The molecule has 2 N–H and O–H groups in total. The molecule has 2 aromatic carbocycles. The van der Waals surface area contributed by atoms with E-state index in [-0.39, 0.29) is 10.3 Å². The van der Waals surface area contributed by atoms with Gasteiger partial charge in [0.2, 0.25) is 0 Å². The first-order chi connectivity index (χ1) is 11.6. The zero-order valence-electron chi connectivity index (χ0n) is 14.3. The van der Waals surface area contributed by atoms with Crippen LogP contribution in [0.4, 0.5) is 5.69 Å². The van der Waals surface area contributed by atoms with Crippen molar-refractivity contribution in [1.82, 2.24) is 0 Å². The summed E-state index contributed by atoms with van der Waals surface area (Å²) in [6, 6.07) is 12.8. The first-order valence-electron chi connectivity index (χ1n) is 7.66. The molecule has 134 valence electrons. The first kappa shape index (κ1) is 18.8. The Morgan fingerprint density at radius 1 is 1.04 bits per heavy atom. The highest BCUT2D eigenvalue weighted by Gasteiger charge is 2.17. The van der Waals surface area contributed by atoms with Crippen molar-refractivity contribution >= 4 is 21.7 Å². The Hall–Kier alpha value is -2.54. The van der Waals surface area contributed by atoms with E-state index in [1.807, 2.05) is 0 Å². The molecule has 0 radical (unpaired) electrons. The van der Waals surface area contributed by atoms with Crippen molar-refractivity contribution in [3.63, 3.8) is 0 Å². The lowest BCUT2D eigenvalue weighted by molar-refractivity contribution is -0.139. The number of anilines is 1. The lowest BCUT2D eigenvalue weighted by Gasteiger charge is -2.19. The second kappa shape index (κ2) is 7.14. The van der Waals surface area contributed by atoms with Crippen LogP contribution >= 0.6 is 0 Å². The van der Waals surface area contributed by atoms with Gasteiger partial charge in [0.1, 0.15) is 5.75 Å². The standard InChI is InChI=1S/C18H21NO5S/c1-18(2,3)13-4-10-16(11-5-13)25(22,23)19-14-6-8-15(9-7-14)24-12-17(20)21/h4-11,19H,12H2,1-3H3,(H,20,21). The van der Waals surface area contributed by atoms with Gasteiger partial charge in [-0.2, -0.15) is 0 Å². The quantitative estimate of drug-likeness (QED) is 0.822. The van der Waals surface area contributed by atoms with Crippen LogP contribution in [0.25, 0.3) is 0 Å². The Bertz CT molecular complexity index is 835. The minimum absolute atomic E-state index is 0.0541. The summed E-state index contributed by atoms with van der Waals surface area (Å²) in [5, 5.41) is 8.56. The van der Waals surface area contributed by atoms with Gasteiger partial charge in [-0.05, 0) is 47.4 Å². The summed E-state index contributed by atoms with van der Waals surface area (Å²) in [5.74, 6) is -0.733. The number of ether oxygens (including phenoxy) is 1. The highest BCUT2D eigenvalue weighted by molar-refractivity contribution is 7.92. The number of hydrogen-bond donors (Lipinski definition) is 2. The number of sulfonamides is 1. The maximum atomic E-state index is 12.4. The predicted octanol–water partition coefficient (Wildman–Crippen LogP) is 3.25. The molecule has 0 aliphatic heterocycles. The second-order valence-electron chi connectivity index (χ2n) is 6.59. The number of aliphatic carboxylic acids is 1. The molecule has 0 aromatic heterocycles. The lowest BCUT2D eigenvalue weighted by Crippen LogP contribution is -2.15. The van der Waals surface area contributed by atoms with Gasteiger partial charge >= 0.3 is 5.97 Å². The van der Waals surface area contributed by atoms with E-state index in [0.717, 1.165) is 5.56 Å². The molecule has 6 nitrogen and oxygen atoms in total.